The molecule has 7 rings (SSSR count). The van der Waals surface area contributed by atoms with Crippen molar-refractivity contribution in [3.8, 4) is 22.3 Å². The molecule has 0 atom stereocenters. The van der Waals surface area contributed by atoms with Crippen molar-refractivity contribution in [1.82, 2.24) is 0 Å². The molecule has 0 amide bonds. The lowest BCUT2D eigenvalue weighted by Gasteiger charge is -2.22. The van der Waals surface area contributed by atoms with Gasteiger partial charge in [0, 0.05) is 46.3 Å². The quantitative estimate of drug-likeness (QED) is 0.0843. The lowest BCUT2D eigenvalue weighted by Crippen LogP contribution is -2.05. The van der Waals surface area contributed by atoms with Gasteiger partial charge in [-0.3, -0.25) is 9.98 Å². The van der Waals surface area contributed by atoms with Gasteiger partial charge in [-0.15, -0.1) is 0 Å². The van der Waals surface area contributed by atoms with Gasteiger partial charge in [0.15, 0.2) is 0 Å². The van der Waals surface area contributed by atoms with Gasteiger partial charge in [-0.05, 0) is 153 Å². The van der Waals surface area contributed by atoms with E-state index in [-0.39, 0.29) is 0 Å². The highest BCUT2D eigenvalue weighted by Crippen LogP contribution is 2.41. The molecule has 2 N–H and O–H groups in total. The molecule has 4 nitrogen and oxygen atoms in total. The molecule has 0 aliphatic heterocycles. The summed E-state index contributed by atoms with van der Waals surface area (Å²) in [6.45, 7) is 27.1. The molecule has 0 bridgehead atoms. The van der Waals surface area contributed by atoms with Crippen molar-refractivity contribution < 1.29 is 0 Å². The molecule has 350 valence electrons. The summed E-state index contributed by atoms with van der Waals surface area (Å²) in [5, 5.41) is 7.74. The number of hydrogen-bond acceptors (Lipinski definition) is 4. The molecule has 0 unspecified atom stereocenters. The molecule has 0 aliphatic rings. The van der Waals surface area contributed by atoms with Crippen molar-refractivity contribution in [2.45, 2.75) is 132 Å². The van der Waals surface area contributed by atoms with Gasteiger partial charge in [0.2, 0.25) is 0 Å². The maximum absolute atomic E-state index is 5.31. The summed E-state index contributed by atoms with van der Waals surface area (Å²) < 4.78 is 0. The van der Waals surface area contributed by atoms with E-state index in [0.29, 0.717) is 23.7 Å². The van der Waals surface area contributed by atoms with E-state index >= 15 is 0 Å². The summed E-state index contributed by atoms with van der Waals surface area (Å²) in [5.41, 5.74) is 24.1. The fourth-order valence-electron chi connectivity index (χ4n) is 9.60. The standard InChI is InChI=1S/C64H74N4/c1-13-45-35-51(36-46(14-2)61(45)65-39-49-25-17-21-33-59(49)67-63-53(41(5)6)29-23-30-54(63)42(7)8)57-27-19-20-28-58(57)52-37-47(15-3)62(48(16-4)38-52)66-40-50-26-18-22-34-60(50)68-64-55(43(9)10)31-24-32-56(64)44(11)12/h17-44,67-68H,13-16H2,1-12H3. The number of benzene rings is 7. The predicted octanol–water partition coefficient (Wildman–Crippen LogP) is 18.8. The van der Waals surface area contributed by atoms with Crippen LogP contribution in [0.3, 0.4) is 0 Å². The Hall–Kier alpha value is -6.52. The molecule has 0 heterocycles. The smallest absolute Gasteiger partial charge is 0.0694 e. The zero-order valence-corrected chi connectivity index (χ0v) is 42.9. The molecule has 0 aliphatic carbocycles. The SMILES string of the molecule is CCc1cc(-c2ccccc2-c2cc(CC)c(N=Cc3ccccc3Nc3c(C(C)C)cccc3C(C)C)c(CC)c2)cc(CC)c1N=Cc1ccccc1Nc1c(C(C)C)cccc1C(C)C. The molecule has 0 fully saturated rings. The van der Waals surface area contributed by atoms with Crippen molar-refractivity contribution in [3.05, 3.63) is 189 Å². The molecule has 7 aromatic carbocycles. The van der Waals surface area contributed by atoms with E-state index in [1.807, 2.05) is 0 Å². The lowest BCUT2D eigenvalue weighted by atomic mass is 9.88. The Morgan fingerprint density at radius 3 is 0.971 bits per heavy atom. The van der Waals surface area contributed by atoms with Crippen LogP contribution in [-0.2, 0) is 25.7 Å². The summed E-state index contributed by atoms with van der Waals surface area (Å²) in [7, 11) is 0. The van der Waals surface area contributed by atoms with Crippen LogP contribution in [0, 0.1) is 0 Å². The largest absolute Gasteiger partial charge is 0.355 e. The number of para-hydroxylation sites is 4. The van der Waals surface area contributed by atoms with Gasteiger partial charge in [-0.25, -0.2) is 0 Å². The normalized spacial score (nSPS) is 11.9. The van der Waals surface area contributed by atoms with E-state index in [4.69, 9.17) is 9.98 Å². The molecule has 0 aromatic heterocycles. The molecule has 0 spiro atoms. The van der Waals surface area contributed by atoms with Gasteiger partial charge in [0.25, 0.3) is 0 Å². The number of aryl methyl sites for hydroxylation is 4. The summed E-state index contributed by atoms with van der Waals surface area (Å²) in [5.74, 6) is 1.59. The first kappa shape index (κ1) is 49.4. The number of hydrogen-bond donors (Lipinski definition) is 2. The van der Waals surface area contributed by atoms with E-state index in [1.54, 1.807) is 0 Å². The van der Waals surface area contributed by atoms with Gasteiger partial charge >= 0.3 is 0 Å². The fraction of sp³-hybridized carbons (Fsp3) is 0.312. The highest BCUT2D eigenvalue weighted by molar-refractivity contribution is 5.94. The number of nitrogens with one attached hydrogen (secondary N) is 2. The second-order valence-electron chi connectivity index (χ2n) is 19.4. The topological polar surface area (TPSA) is 48.8 Å². The maximum atomic E-state index is 5.31. The fourth-order valence-corrected chi connectivity index (χ4v) is 9.60. The van der Waals surface area contributed by atoms with Crippen LogP contribution in [0.5, 0.6) is 0 Å². The minimum Gasteiger partial charge on any atom is -0.355 e. The van der Waals surface area contributed by atoms with Gasteiger partial charge in [-0.1, -0.05) is 180 Å². The van der Waals surface area contributed by atoms with Crippen LogP contribution in [0.25, 0.3) is 22.3 Å². The minimum absolute atomic E-state index is 0.398. The second-order valence-corrected chi connectivity index (χ2v) is 19.4. The van der Waals surface area contributed by atoms with Crippen LogP contribution >= 0.6 is 0 Å². The Balaban J connectivity index is 1.23. The Morgan fingerprint density at radius 2 is 0.676 bits per heavy atom. The summed E-state index contributed by atoms with van der Waals surface area (Å²) in [6.07, 6.45) is 7.63. The molecule has 7 aromatic rings. The van der Waals surface area contributed by atoms with Gasteiger partial charge in [0.05, 0.1) is 11.4 Å². The van der Waals surface area contributed by atoms with E-state index in [9.17, 15) is 0 Å². The van der Waals surface area contributed by atoms with Crippen molar-refractivity contribution in [2.75, 3.05) is 10.6 Å². The van der Waals surface area contributed by atoms with Gasteiger partial charge in [-0.2, -0.15) is 0 Å². The van der Waals surface area contributed by atoms with E-state index in [2.05, 4.69) is 240 Å². The van der Waals surface area contributed by atoms with Crippen molar-refractivity contribution in [2.24, 2.45) is 9.98 Å². The maximum Gasteiger partial charge on any atom is 0.0694 e. The summed E-state index contributed by atoms with van der Waals surface area (Å²) in [6, 6.07) is 48.9. The van der Waals surface area contributed by atoms with E-state index in [0.717, 1.165) is 59.6 Å². The number of nitrogens with zero attached hydrogens (tertiary/aromatic N) is 2. The average Bonchev–Trinajstić information content (AvgIpc) is 3.35. The van der Waals surface area contributed by atoms with Crippen LogP contribution in [0.2, 0.25) is 0 Å². The number of aliphatic imine (C=N–C) groups is 2. The average molecular weight is 899 g/mol. The highest BCUT2D eigenvalue weighted by atomic mass is 14.9. The third kappa shape index (κ3) is 10.9. The summed E-state index contributed by atoms with van der Waals surface area (Å²) in [4.78, 5) is 10.6. The highest BCUT2D eigenvalue weighted by Gasteiger charge is 2.19. The minimum atomic E-state index is 0.398. The van der Waals surface area contributed by atoms with E-state index in [1.165, 1.54) is 78.1 Å². The molecule has 0 radical (unpaired) electrons. The zero-order valence-electron chi connectivity index (χ0n) is 42.9. The van der Waals surface area contributed by atoms with Gasteiger partial charge in [0.1, 0.15) is 0 Å². The predicted molar refractivity (Wildman–Crippen MR) is 298 cm³/mol. The lowest BCUT2D eigenvalue weighted by molar-refractivity contribution is 0.838. The molecule has 0 saturated carbocycles. The molecular formula is C64H74N4. The first-order valence-corrected chi connectivity index (χ1v) is 25.3. The first-order valence-electron chi connectivity index (χ1n) is 25.3. The van der Waals surface area contributed by atoms with Crippen LogP contribution in [0.15, 0.2) is 143 Å². The van der Waals surface area contributed by atoms with Crippen LogP contribution in [-0.4, -0.2) is 12.4 Å². The third-order valence-corrected chi connectivity index (χ3v) is 13.5. The van der Waals surface area contributed by atoms with Crippen molar-refractivity contribution in [1.29, 1.82) is 0 Å². The van der Waals surface area contributed by atoms with Crippen LogP contribution < -0.4 is 10.6 Å². The molecule has 68 heavy (non-hydrogen) atoms. The Labute approximate surface area is 409 Å². The molecule has 0 saturated heterocycles. The Morgan fingerprint density at radius 1 is 0.382 bits per heavy atom. The number of rotatable bonds is 18. The second kappa shape index (κ2) is 22.5. The Bertz CT molecular complexity index is 2610. The Kier molecular flexibility index (Phi) is 16.4. The zero-order chi connectivity index (χ0) is 48.5. The van der Waals surface area contributed by atoms with Crippen molar-refractivity contribution >= 4 is 46.6 Å². The van der Waals surface area contributed by atoms with Gasteiger partial charge < -0.3 is 10.6 Å². The first-order chi connectivity index (χ1) is 32.9. The number of anilines is 4. The van der Waals surface area contributed by atoms with Crippen LogP contribution in [0.4, 0.5) is 34.1 Å². The van der Waals surface area contributed by atoms with E-state index < -0.39 is 0 Å². The summed E-state index contributed by atoms with van der Waals surface area (Å²) >= 11 is 0. The van der Waals surface area contributed by atoms with Crippen molar-refractivity contribution in [3.63, 3.8) is 0 Å². The third-order valence-electron chi connectivity index (χ3n) is 13.5. The molecule has 4 heteroatoms. The van der Waals surface area contributed by atoms with Crippen LogP contribution in [0.1, 0.15) is 162 Å². The molecular weight excluding hydrogens is 825 g/mol. The monoisotopic (exact) mass is 899 g/mol.